The maximum absolute atomic E-state index is 12.1. The van der Waals surface area contributed by atoms with Gasteiger partial charge in [0.25, 0.3) is 5.91 Å². The van der Waals surface area contributed by atoms with E-state index in [-0.39, 0.29) is 5.91 Å². The van der Waals surface area contributed by atoms with Gasteiger partial charge in [-0.3, -0.25) is 9.48 Å². The molecular formula is C10H14BrN3O2. The molecular weight excluding hydrogens is 274 g/mol. The van der Waals surface area contributed by atoms with Gasteiger partial charge in [0, 0.05) is 25.8 Å². The number of amides is 1. The number of aromatic nitrogens is 2. The third-order valence-electron chi connectivity index (χ3n) is 2.54. The van der Waals surface area contributed by atoms with E-state index < -0.39 is 0 Å². The third-order valence-corrected chi connectivity index (χ3v) is 3.12. The average molecular weight is 288 g/mol. The van der Waals surface area contributed by atoms with Crippen molar-refractivity contribution in [1.29, 1.82) is 0 Å². The van der Waals surface area contributed by atoms with E-state index in [1.165, 1.54) is 0 Å². The fourth-order valence-electron chi connectivity index (χ4n) is 1.62. The number of ether oxygens (including phenoxy) is 1. The monoisotopic (exact) mass is 287 g/mol. The Hall–Kier alpha value is -0.880. The lowest BCUT2D eigenvalue weighted by Crippen LogP contribution is -2.41. The van der Waals surface area contributed by atoms with Crippen LogP contribution in [0.25, 0.3) is 0 Å². The number of rotatable bonds is 2. The summed E-state index contributed by atoms with van der Waals surface area (Å²) in [5.41, 5.74) is 0.490. The minimum absolute atomic E-state index is 0.0256. The van der Waals surface area contributed by atoms with Crippen molar-refractivity contribution in [2.75, 3.05) is 26.3 Å². The molecule has 1 aromatic heterocycles. The number of halogens is 1. The van der Waals surface area contributed by atoms with Gasteiger partial charge < -0.3 is 9.64 Å². The highest BCUT2D eigenvalue weighted by atomic mass is 79.9. The summed E-state index contributed by atoms with van der Waals surface area (Å²) in [6.45, 7) is 5.25. The molecule has 1 amide bonds. The molecule has 6 heteroatoms. The lowest BCUT2D eigenvalue weighted by atomic mass is 10.3. The Balaban J connectivity index is 2.15. The molecule has 1 aliphatic rings. The molecule has 0 radical (unpaired) electrons. The lowest BCUT2D eigenvalue weighted by molar-refractivity contribution is 0.0298. The van der Waals surface area contributed by atoms with Crippen LogP contribution in [0.1, 0.15) is 17.4 Å². The lowest BCUT2D eigenvalue weighted by Gasteiger charge is -2.26. The van der Waals surface area contributed by atoms with Gasteiger partial charge in [0.2, 0.25) is 0 Å². The average Bonchev–Trinajstić information content (AvgIpc) is 2.71. The molecule has 0 unspecified atom stereocenters. The van der Waals surface area contributed by atoms with Gasteiger partial charge in [-0.05, 0) is 22.9 Å². The van der Waals surface area contributed by atoms with Gasteiger partial charge in [0.1, 0.15) is 0 Å². The van der Waals surface area contributed by atoms with Crippen LogP contribution in [0.5, 0.6) is 0 Å². The first-order valence-corrected chi connectivity index (χ1v) is 6.11. The second kappa shape index (κ2) is 4.97. The molecule has 0 saturated carbocycles. The first-order chi connectivity index (χ1) is 7.72. The summed E-state index contributed by atoms with van der Waals surface area (Å²) in [6.07, 6.45) is 1.83. The Morgan fingerprint density at radius 2 is 2.25 bits per heavy atom. The van der Waals surface area contributed by atoms with Crippen molar-refractivity contribution < 1.29 is 9.53 Å². The Bertz CT molecular complexity index is 385. The molecule has 88 valence electrons. The number of hydrogen-bond donors (Lipinski definition) is 0. The van der Waals surface area contributed by atoms with Crippen molar-refractivity contribution >= 4 is 21.8 Å². The minimum atomic E-state index is -0.0256. The second-order valence-corrected chi connectivity index (χ2v) is 4.44. The number of morpholine rings is 1. The molecule has 0 spiro atoms. The molecule has 2 heterocycles. The van der Waals surface area contributed by atoms with Gasteiger partial charge in [-0.2, -0.15) is 5.10 Å². The summed E-state index contributed by atoms with van der Waals surface area (Å²) in [4.78, 5) is 13.9. The van der Waals surface area contributed by atoms with E-state index in [0.717, 1.165) is 11.0 Å². The predicted molar refractivity (Wildman–Crippen MR) is 62.3 cm³/mol. The van der Waals surface area contributed by atoms with Gasteiger partial charge in [0.05, 0.1) is 17.7 Å². The molecule has 0 N–H and O–H groups in total. The molecule has 1 aliphatic heterocycles. The van der Waals surface area contributed by atoms with Crippen molar-refractivity contribution in [3.63, 3.8) is 0 Å². The Kier molecular flexibility index (Phi) is 3.60. The Morgan fingerprint density at radius 3 is 2.81 bits per heavy atom. The van der Waals surface area contributed by atoms with Crippen LogP contribution in [0, 0.1) is 0 Å². The van der Waals surface area contributed by atoms with Crippen LogP contribution in [0.3, 0.4) is 0 Å². The van der Waals surface area contributed by atoms with Crippen LogP contribution in [-0.2, 0) is 11.3 Å². The Morgan fingerprint density at radius 1 is 1.56 bits per heavy atom. The van der Waals surface area contributed by atoms with E-state index in [9.17, 15) is 4.79 Å². The number of hydrogen-bond acceptors (Lipinski definition) is 3. The van der Waals surface area contributed by atoms with E-state index in [4.69, 9.17) is 4.74 Å². The largest absolute Gasteiger partial charge is 0.378 e. The van der Waals surface area contributed by atoms with Crippen LogP contribution in [-0.4, -0.2) is 46.9 Å². The van der Waals surface area contributed by atoms with Crippen molar-refractivity contribution in [1.82, 2.24) is 14.7 Å². The Labute approximate surface area is 102 Å². The van der Waals surface area contributed by atoms with Gasteiger partial charge in [-0.1, -0.05) is 0 Å². The van der Waals surface area contributed by atoms with Gasteiger partial charge in [-0.15, -0.1) is 0 Å². The molecule has 1 saturated heterocycles. The zero-order valence-electron chi connectivity index (χ0n) is 9.15. The molecule has 2 rings (SSSR count). The number of aryl methyl sites for hydroxylation is 1. The first-order valence-electron chi connectivity index (χ1n) is 5.32. The summed E-state index contributed by atoms with van der Waals surface area (Å²) >= 11 is 3.36. The number of carbonyl (C=O) groups excluding carboxylic acids is 1. The van der Waals surface area contributed by atoms with E-state index in [0.29, 0.717) is 32.0 Å². The highest BCUT2D eigenvalue weighted by Gasteiger charge is 2.23. The smallest absolute Gasteiger partial charge is 0.275 e. The molecule has 0 atom stereocenters. The van der Waals surface area contributed by atoms with Crippen molar-refractivity contribution in [3.8, 4) is 0 Å². The number of carbonyl (C=O) groups is 1. The van der Waals surface area contributed by atoms with E-state index in [1.54, 1.807) is 9.58 Å². The highest BCUT2D eigenvalue weighted by Crippen LogP contribution is 2.17. The standard InChI is InChI=1S/C10H14BrN3O2/c1-2-14-7-8(11)9(12-14)10(15)13-3-5-16-6-4-13/h7H,2-6H2,1H3. The van der Waals surface area contributed by atoms with Crippen molar-refractivity contribution in [3.05, 3.63) is 16.4 Å². The molecule has 0 aromatic carbocycles. The quantitative estimate of drug-likeness (QED) is 0.820. The maximum atomic E-state index is 12.1. The summed E-state index contributed by atoms with van der Waals surface area (Å²) in [7, 11) is 0. The summed E-state index contributed by atoms with van der Waals surface area (Å²) in [6, 6.07) is 0. The van der Waals surface area contributed by atoms with Crippen molar-refractivity contribution in [2.45, 2.75) is 13.5 Å². The third kappa shape index (κ3) is 2.27. The highest BCUT2D eigenvalue weighted by molar-refractivity contribution is 9.10. The summed E-state index contributed by atoms with van der Waals surface area (Å²) in [5.74, 6) is -0.0256. The normalized spacial score (nSPS) is 16.5. The van der Waals surface area contributed by atoms with Crippen LogP contribution in [0.2, 0.25) is 0 Å². The minimum Gasteiger partial charge on any atom is -0.378 e. The van der Waals surface area contributed by atoms with E-state index in [2.05, 4.69) is 21.0 Å². The van der Waals surface area contributed by atoms with Crippen molar-refractivity contribution in [2.24, 2.45) is 0 Å². The zero-order valence-corrected chi connectivity index (χ0v) is 10.7. The van der Waals surface area contributed by atoms with Crippen LogP contribution < -0.4 is 0 Å². The second-order valence-electron chi connectivity index (χ2n) is 3.59. The number of nitrogens with zero attached hydrogens (tertiary/aromatic N) is 3. The topological polar surface area (TPSA) is 47.4 Å². The summed E-state index contributed by atoms with van der Waals surface area (Å²) < 4.78 is 7.71. The van der Waals surface area contributed by atoms with Gasteiger partial charge in [-0.25, -0.2) is 0 Å². The van der Waals surface area contributed by atoms with E-state index >= 15 is 0 Å². The maximum Gasteiger partial charge on any atom is 0.275 e. The molecule has 5 nitrogen and oxygen atoms in total. The van der Waals surface area contributed by atoms with Crippen LogP contribution in [0.15, 0.2) is 10.7 Å². The SMILES string of the molecule is CCn1cc(Br)c(C(=O)N2CCOCC2)n1. The summed E-state index contributed by atoms with van der Waals surface area (Å²) in [5, 5.41) is 4.24. The first kappa shape index (κ1) is 11.6. The van der Waals surface area contributed by atoms with Crippen LogP contribution in [0.4, 0.5) is 0 Å². The van der Waals surface area contributed by atoms with E-state index in [1.807, 2.05) is 13.1 Å². The zero-order chi connectivity index (χ0) is 11.5. The molecule has 16 heavy (non-hydrogen) atoms. The fraction of sp³-hybridized carbons (Fsp3) is 0.600. The molecule has 1 fully saturated rings. The molecule has 0 aliphatic carbocycles. The molecule has 0 bridgehead atoms. The van der Waals surface area contributed by atoms with Crippen LogP contribution >= 0.6 is 15.9 Å². The fourth-order valence-corrected chi connectivity index (χ4v) is 2.11. The van der Waals surface area contributed by atoms with Gasteiger partial charge >= 0.3 is 0 Å². The van der Waals surface area contributed by atoms with Gasteiger partial charge in [0.15, 0.2) is 5.69 Å². The molecule has 1 aromatic rings. The predicted octanol–water partition coefficient (Wildman–Crippen LogP) is 1.14.